The first-order chi connectivity index (χ1) is 10.6. The molecule has 0 saturated carbocycles. The zero-order chi connectivity index (χ0) is 17.3. The van der Waals surface area contributed by atoms with Crippen LogP contribution in [0.2, 0.25) is 0 Å². The van der Waals surface area contributed by atoms with Gasteiger partial charge in [-0.05, 0) is 23.1 Å². The molecule has 1 aromatic rings. The fraction of sp³-hybridized carbons (Fsp3) is 0.529. The van der Waals surface area contributed by atoms with E-state index in [9.17, 15) is 14.0 Å². The largest absolute Gasteiger partial charge is 0.479 e. The van der Waals surface area contributed by atoms with Crippen molar-refractivity contribution in [1.29, 1.82) is 0 Å². The minimum absolute atomic E-state index is 0.0792. The van der Waals surface area contributed by atoms with Gasteiger partial charge in [-0.1, -0.05) is 32.9 Å². The second-order valence-corrected chi connectivity index (χ2v) is 7.95. The molecule has 0 spiro atoms. The van der Waals surface area contributed by atoms with Gasteiger partial charge in [0, 0.05) is 17.9 Å². The Hall–Kier alpha value is -1.56. The van der Waals surface area contributed by atoms with E-state index in [0.29, 0.717) is 0 Å². The molecule has 4 nitrogen and oxygen atoms in total. The van der Waals surface area contributed by atoms with Crippen LogP contribution in [0.25, 0.3) is 0 Å². The van der Waals surface area contributed by atoms with E-state index in [1.165, 1.54) is 22.2 Å². The summed E-state index contributed by atoms with van der Waals surface area (Å²) in [4.78, 5) is 25.2. The third-order valence-electron chi connectivity index (χ3n) is 4.04. The normalized spacial score (nSPS) is 21.5. The third kappa shape index (κ3) is 4.25. The Balaban J connectivity index is 1.89. The van der Waals surface area contributed by atoms with Crippen molar-refractivity contribution in [2.24, 2.45) is 0 Å². The molecule has 1 fully saturated rings. The smallest absolute Gasteiger partial charge is 0.343 e. The molecule has 1 N–H and O–H groups in total. The van der Waals surface area contributed by atoms with Crippen LogP contribution in [0.1, 0.15) is 32.8 Å². The number of hydrogen-bond donors (Lipinski definition) is 1. The highest BCUT2D eigenvalue weighted by Crippen LogP contribution is 2.28. The van der Waals surface area contributed by atoms with E-state index >= 15 is 0 Å². The van der Waals surface area contributed by atoms with Gasteiger partial charge in [-0.3, -0.25) is 4.79 Å². The Bertz CT molecular complexity index is 597. The van der Waals surface area contributed by atoms with Crippen molar-refractivity contribution in [3.05, 3.63) is 29.8 Å². The monoisotopic (exact) mass is 339 g/mol. The summed E-state index contributed by atoms with van der Waals surface area (Å²) in [6.45, 7) is 6.21. The summed E-state index contributed by atoms with van der Waals surface area (Å²) in [5.74, 6) is -1.53. The molecule has 0 aliphatic carbocycles. The topological polar surface area (TPSA) is 57.6 Å². The van der Waals surface area contributed by atoms with E-state index in [2.05, 4.69) is 20.8 Å². The summed E-state index contributed by atoms with van der Waals surface area (Å²) in [6, 6.07) is 8.03. The molecular formula is C17H22FNO3S. The zero-order valence-corrected chi connectivity index (χ0v) is 14.5. The lowest BCUT2D eigenvalue weighted by molar-refractivity contribution is -0.150. The fourth-order valence-corrected chi connectivity index (χ4v) is 3.25. The lowest BCUT2D eigenvalue weighted by Crippen LogP contribution is -2.39. The summed E-state index contributed by atoms with van der Waals surface area (Å²) in [5, 5.41) is 8.85. The van der Waals surface area contributed by atoms with E-state index in [1.54, 1.807) is 0 Å². The van der Waals surface area contributed by atoms with Crippen LogP contribution in [-0.2, 0) is 15.0 Å². The van der Waals surface area contributed by atoms with Crippen molar-refractivity contribution in [3.8, 4) is 0 Å². The van der Waals surface area contributed by atoms with Crippen LogP contribution in [0, 0.1) is 0 Å². The summed E-state index contributed by atoms with van der Waals surface area (Å²) in [6.07, 6.45) is -0.140. The first-order valence-electron chi connectivity index (χ1n) is 7.55. The predicted octanol–water partition coefficient (Wildman–Crippen LogP) is 3.10. The van der Waals surface area contributed by atoms with E-state index in [-0.39, 0.29) is 36.6 Å². The molecule has 23 heavy (non-hydrogen) atoms. The number of nitrogens with zero attached hydrogens (tertiary/aromatic N) is 1. The van der Waals surface area contributed by atoms with Crippen molar-refractivity contribution >= 4 is 23.6 Å². The van der Waals surface area contributed by atoms with Crippen LogP contribution < -0.4 is 0 Å². The minimum Gasteiger partial charge on any atom is -0.479 e. The molecule has 1 atom stereocenters. The molecule has 1 aliphatic heterocycles. The Morgan fingerprint density at radius 2 is 1.91 bits per heavy atom. The van der Waals surface area contributed by atoms with Crippen LogP contribution in [0.3, 0.4) is 0 Å². The van der Waals surface area contributed by atoms with Crippen LogP contribution in [0.4, 0.5) is 4.39 Å². The number of halogens is 1. The molecule has 1 saturated heterocycles. The SMILES string of the molecule is CC(C)(C)c1ccc(SCC(=O)N2CCC(F)(C(=O)O)C2)cc1. The van der Waals surface area contributed by atoms with Gasteiger partial charge < -0.3 is 10.0 Å². The molecule has 1 aliphatic rings. The second-order valence-electron chi connectivity index (χ2n) is 6.90. The Kier molecular flexibility index (Phi) is 5.04. The zero-order valence-electron chi connectivity index (χ0n) is 13.6. The number of benzene rings is 1. The summed E-state index contributed by atoms with van der Waals surface area (Å²) in [5.41, 5.74) is -0.999. The van der Waals surface area contributed by atoms with Crippen molar-refractivity contribution in [2.45, 2.75) is 43.2 Å². The van der Waals surface area contributed by atoms with Gasteiger partial charge in [0.2, 0.25) is 11.6 Å². The number of rotatable bonds is 4. The van der Waals surface area contributed by atoms with Crippen LogP contribution in [0.15, 0.2) is 29.2 Å². The van der Waals surface area contributed by atoms with Gasteiger partial charge in [-0.25, -0.2) is 9.18 Å². The number of thioether (sulfide) groups is 1. The number of hydrogen-bond acceptors (Lipinski definition) is 3. The summed E-state index contributed by atoms with van der Waals surface area (Å²) < 4.78 is 14.0. The van der Waals surface area contributed by atoms with Crippen molar-refractivity contribution in [2.75, 3.05) is 18.8 Å². The third-order valence-corrected chi connectivity index (χ3v) is 5.03. The number of alkyl halides is 1. The highest BCUT2D eigenvalue weighted by atomic mass is 32.2. The first-order valence-corrected chi connectivity index (χ1v) is 8.54. The number of carbonyl (C=O) groups excluding carboxylic acids is 1. The average molecular weight is 339 g/mol. The van der Waals surface area contributed by atoms with Gasteiger partial charge in [0.1, 0.15) is 0 Å². The molecule has 0 radical (unpaired) electrons. The highest BCUT2D eigenvalue weighted by molar-refractivity contribution is 8.00. The molecular weight excluding hydrogens is 317 g/mol. The quantitative estimate of drug-likeness (QED) is 0.857. The van der Waals surface area contributed by atoms with E-state index < -0.39 is 11.6 Å². The minimum atomic E-state index is -2.30. The summed E-state index contributed by atoms with van der Waals surface area (Å²) in [7, 11) is 0. The second kappa shape index (κ2) is 6.51. The van der Waals surface area contributed by atoms with Crippen molar-refractivity contribution in [1.82, 2.24) is 4.90 Å². The van der Waals surface area contributed by atoms with E-state index in [1.807, 2.05) is 24.3 Å². The molecule has 6 heteroatoms. The Morgan fingerprint density at radius 3 is 2.39 bits per heavy atom. The van der Waals surface area contributed by atoms with Crippen LogP contribution in [0.5, 0.6) is 0 Å². The van der Waals surface area contributed by atoms with Gasteiger partial charge in [0.05, 0.1) is 12.3 Å². The predicted molar refractivity (Wildman–Crippen MR) is 88.5 cm³/mol. The maximum Gasteiger partial charge on any atom is 0.343 e. The fourth-order valence-electron chi connectivity index (χ4n) is 2.45. The molecule has 2 rings (SSSR count). The number of aliphatic carboxylic acids is 1. The molecule has 1 amide bonds. The Labute approximate surface area is 140 Å². The van der Waals surface area contributed by atoms with Gasteiger partial charge in [-0.2, -0.15) is 0 Å². The molecule has 1 unspecified atom stereocenters. The number of carbonyl (C=O) groups is 2. The van der Waals surface area contributed by atoms with Gasteiger partial charge in [-0.15, -0.1) is 11.8 Å². The average Bonchev–Trinajstić information content (AvgIpc) is 2.88. The number of amides is 1. The van der Waals surface area contributed by atoms with Gasteiger partial charge in [0.25, 0.3) is 0 Å². The standard InChI is InChI=1S/C17H22FNO3S/c1-16(2,3)12-4-6-13(7-5-12)23-10-14(20)19-9-8-17(18,11-19)15(21)22/h4-7H,8-11H2,1-3H3,(H,21,22). The van der Waals surface area contributed by atoms with Crippen LogP contribution >= 0.6 is 11.8 Å². The molecule has 1 aromatic carbocycles. The molecule has 126 valence electrons. The first kappa shape index (κ1) is 17.8. The molecule has 0 bridgehead atoms. The molecule has 0 aromatic heterocycles. The van der Waals surface area contributed by atoms with Crippen molar-refractivity contribution in [3.63, 3.8) is 0 Å². The van der Waals surface area contributed by atoms with E-state index in [0.717, 1.165) is 4.90 Å². The Morgan fingerprint density at radius 1 is 1.30 bits per heavy atom. The van der Waals surface area contributed by atoms with Gasteiger partial charge >= 0.3 is 5.97 Å². The number of likely N-dealkylation sites (tertiary alicyclic amines) is 1. The lowest BCUT2D eigenvalue weighted by Gasteiger charge is -2.19. The van der Waals surface area contributed by atoms with Crippen LogP contribution in [-0.4, -0.2) is 46.4 Å². The summed E-state index contributed by atoms with van der Waals surface area (Å²) >= 11 is 1.38. The lowest BCUT2D eigenvalue weighted by atomic mass is 9.87. The maximum atomic E-state index is 14.0. The maximum absolute atomic E-state index is 14.0. The molecule has 1 heterocycles. The van der Waals surface area contributed by atoms with Gasteiger partial charge in [0.15, 0.2) is 0 Å². The van der Waals surface area contributed by atoms with Crippen molar-refractivity contribution < 1.29 is 19.1 Å². The van der Waals surface area contributed by atoms with E-state index in [4.69, 9.17) is 5.11 Å². The number of carboxylic acids is 1. The highest BCUT2D eigenvalue weighted by Gasteiger charge is 2.46. The number of carboxylic acid groups (broad SMARTS) is 1.